The lowest BCUT2D eigenvalue weighted by molar-refractivity contribution is 0.241. The van der Waals surface area contributed by atoms with Crippen LogP contribution in [0.15, 0.2) is 28.7 Å². The predicted molar refractivity (Wildman–Crippen MR) is 101 cm³/mol. The van der Waals surface area contributed by atoms with Crippen LogP contribution in [0.25, 0.3) is 0 Å². The molecule has 0 fully saturated rings. The smallest absolute Gasteiger partial charge is 0.322 e. The molecule has 2 unspecified atom stereocenters. The number of benzene rings is 1. The van der Waals surface area contributed by atoms with E-state index in [9.17, 15) is 9.46 Å². The summed E-state index contributed by atoms with van der Waals surface area (Å²) in [4.78, 5) is 10.7. The fourth-order valence-electron chi connectivity index (χ4n) is 2.69. The lowest BCUT2D eigenvalue weighted by Crippen LogP contribution is -2.32. The van der Waals surface area contributed by atoms with Gasteiger partial charge in [-0.25, -0.2) is 9.34 Å². The van der Waals surface area contributed by atoms with Gasteiger partial charge in [0.25, 0.3) is 0 Å². The van der Waals surface area contributed by atoms with E-state index >= 15 is 0 Å². The molecule has 0 saturated carbocycles. The molecule has 6 heteroatoms. The Morgan fingerprint density at radius 3 is 2.04 bits per heavy atom. The first-order chi connectivity index (χ1) is 10.6. The molecule has 1 rings (SSSR count). The van der Waals surface area contributed by atoms with Crippen molar-refractivity contribution in [2.45, 2.75) is 40.2 Å². The Morgan fingerprint density at radius 2 is 1.61 bits per heavy atom. The highest BCUT2D eigenvalue weighted by molar-refractivity contribution is 9.10. The van der Waals surface area contributed by atoms with E-state index in [0.717, 1.165) is 16.5 Å². The van der Waals surface area contributed by atoms with Crippen molar-refractivity contribution in [3.05, 3.63) is 34.3 Å². The van der Waals surface area contributed by atoms with Crippen LogP contribution in [0.2, 0.25) is 0 Å². The van der Waals surface area contributed by atoms with Gasteiger partial charge in [0.1, 0.15) is 0 Å². The normalized spacial score (nSPS) is 16.3. The van der Waals surface area contributed by atoms with Crippen LogP contribution in [0.3, 0.4) is 0 Å². The first-order valence-electron chi connectivity index (χ1n) is 8.08. The molecule has 23 heavy (non-hydrogen) atoms. The first-order valence-corrected chi connectivity index (χ1v) is 10.4. The van der Waals surface area contributed by atoms with Gasteiger partial charge in [0, 0.05) is 17.1 Å². The van der Waals surface area contributed by atoms with Crippen LogP contribution in [0.1, 0.15) is 45.7 Å². The van der Waals surface area contributed by atoms with Gasteiger partial charge in [-0.1, -0.05) is 55.8 Å². The number of halogens is 1. The third kappa shape index (κ3) is 5.99. The molecule has 0 heterocycles. The van der Waals surface area contributed by atoms with Crippen LogP contribution in [0, 0.1) is 11.8 Å². The van der Waals surface area contributed by atoms with E-state index in [-0.39, 0.29) is 6.04 Å². The molecule has 0 radical (unpaired) electrons. The molecule has 132 valence electrons. The molecular formula is C17H30BrN2O2P. The van der Waals surface area contributed by atoms with Gasteiger partial charge in [0.05, 0.1) is 0 Å². The van der Waals surface area contributed by atoms with E-state index in [1.807, 2.05) is 24.3 Å². The maximum Gasteiger partial charge on any atom is 0.343 e. The number of nitrogens with zero attached hydrogens (tertiary/aromatic N) is 2. The summed E-state index contributed by atoms with van der Waals surface area (Å²) in [6.45, 7) is 8.97. The van der Waals surface area contributed by atoms with Crippen molar-refractivity contribution in [2.75, 3.05) is 20.6 Å². The molecule has 2 atom stereocenters. The Hall–Kier alpha value is -0.190. The first kappa shape index (κ1) is 20.9. The second-order valence-corrected chi connectivity index (χ2v) is 10.3. The van der Waals surface area contributed by atoms with Gasteiger partial charge in [0.15, 0.2) is 0 Å². The average Bonchev–Trinajstić information content (AvgIpc) is 2.44. The third-order valence-electron chi connectivity index (χ3n) is 3.89. The largest absolute Gasteiger partial charge is 0.343 e. The average molecular weight is 405 g/mol. The van der Waals surface area contributed by atoms with Crippen LogP contribution in [-0.2, 0) is 4.57 Å². The van der Waals surface area contributed by atoms with Gasteiger partial charge in [-0.05, 0) is 50.0 Å². The Morgan fingerprint density at radius 1 is 1.09 bits per heavy atom. The van der Waals surface area contributed by atoms with Gasteiger partial charge in [-0.2, -0.15) is 0 Å². The summed E-state index contributed by atoms with van der Waals surface area (Å²) in [7, 11) is -0.0791. The summed E-state index contributed by atoms with van der Waals surface area (Å²) >= 11 is 3.45. The van der Waals surface area contributed by atoms with Crippen LogP contribution >= 0.6 is 23.6 Å². The molecule has 0 amide bonds. The highest BCUT2D eigenvalue weighted by atomic mass is 79.9. The number of hydrogen-bond donors (Lipinski definition) is 1. The monoisotopic (exact) mass is 404 g/mol. The second-order valence-electron chi connectivity index (χ2n) is 7.02. The molecule has 1 aromatic carbocycles. The topological polar surface area (TPSA) is 43.8 Å². The number of hydrogen-bond acceptors (Lipinski definition) is 1. The SMILES string of the molecule is CC(C)CC(c1ccc(Br)cc1)N(C)P(=O)(O)N(C)CC(C)C. The minimum atomic E-state index is -3.56. The molecular weight excluding hydrogens is 375 g/mol. The van der Waals surface area contributed by atoms with E-state index in [1.54, 1.807) is 23.4 Å². The summed E-state index contributed by atoms with van der Waals surface area (Å²) in [5.74, 6) is 0.770. The van der Waals surface area contributed by atoms with Crippen LogP contribution in [0.5, 0.6) is 0 Å². The Balaban J connectivity index is 3.10. The molecule has 0 aliphatic carbocycles. The van der Waals surface area contributed by atoms with Gasteiger partial charge in [-0.3, -0.25) is 4.57 Å². The number of rotatable bonds is 8. The summed E-state index contributed by atoms with van der Waals surface area (Å²) in [6, 6.07) is 7.92. The van der Waals surface area contributed by atoms with Crippen molar-refractivity contribution in [1.29, 1.82) is 0 Å². The van der Waals surface area contributed by atoms with E-state index < -0.39 is 7.67 Å². The molecule has 0 aliphatic heterocycles. The molecule has 0 aromatic heterocycles. The van der Waals surface area contributed by atoms with Crippen molar-refractivity contribution in [2.24, 2.45) is 11.8 Å². The molecule has 4 nitrogen and oxygen atoms in total. The van der Waals surface area contributed by atoms with E-state index in [1.165, 1.54) is 0 Å². The van der Waals surface area contributed by atoms with Crippen molar-refractivity contribution in [3.8, 4) is 0 Å². The third-order valence-corrected chi connectivity index (χ3v) is 6.57. The maximum absolute atomic E-state index is 13.0. The Bertz CT molecular complexity index is 534. The van der Waals surface area contributed by atoms with Gasteiger partial charge < -0.3 is 4.89 Å². The van der Waals surface area contributed by atoms with Crippen molar-refractivity contribution < 1.29 is 9.46 Å². The standard InChI is InChI=1S/C17H30BrN2O2P/c1-13(2)11-17(15-7-9-16(18)10-8-15)20(6)23(21,22)19(5)12-14(3)4/h7-10,13-14,17H,11-12H2,1-6H3,(H,21,22). The predicted octanol–water partition coefficient (Wildman–Crippen LogP) is 5.16. The lowest BCUT2D eigenvalue weighted by atomic mass is 9.97. The van der Waals surface area contributed by atoms with Crippen LogP contribution < -0.4 is 0 Å². The second kappa shape index (κ2) is 8.77. The van der Waals surface area contributed by atoms with Gasteiger partial charge >= 0.3 is 7.67 Å². The zero-order valence-corrected chi connectivity index (χ0v) is 17.5. The molecule has 0 aliphatic rings. The fraction of sp³-hybridized carbons (Fsp3) is 0.647. The molecule has 0 bridgehead atoms. The highest BCUT2D eigenvalue weighted by Crippen LogP contribution is 2.52. The molecule has 0 saturated heterocycles. The van der Waals surface area contributed by atoms with Crippen molar-refractivity contribution in [1.82, 2.24) is 9.34 Å². The van der Waals surface area contributed by atoms with Crippen molar-refractivity contribution >= 4 is 23.6 Å². The summed E-state index contributed by atoms with van der Waals surface area (Å²) in [5.41, 5.74) is 1.07. The fourth-order valence-corrected chi connectivity index (χ4v) is 4.57. The molecule has 0 spiro atoms. The van der Waals surface area contributed by atoms with E-state index in [0.29, 0.717) is 18.4 Å². The van der Waals surface area contributed by atoms with Gasteiger partial charge in [-0.15, -0.1) is 0 Å². The quantitative estimate of drug-likeness (QED) is 0.607. The van der Waals surface area contributed by atoms with Crippen LogP contribution in [-0.4, -0.2) is 34.9 Å². The van der Waals surface area contributed by atoms with Crippen molar-refractivity contribution in [3.63, 3.8) is 0 Å². The molecule has 1 N–H and O–H groups in total. The lowest BCUT2D eigenvalue weighted by Gasteiger charge is -2.37. The molecule has 1 aromatic rings. The zero-order valence-electron chi connectivity index (χ0n) is 15.0. The van der Waals surface area contributed by atoms with Gasteiger partial charge in [0.2, 0.25) is 0 Å². The highest BCUT2D eigenvalue weighted by Gasteiger charge is 2.36. The Kier molecular flexibility index (Phi) is 7.96. The van der Waals surface area contributed by atoms with Crippen LogP contribution in [0.4, 0.5) is 0 Å². The van der Waals surface area contributed by atoms with E-state index in [2.05, 4.69) is 43.6 Å². The maximum atomic E-state index is 13.0. The minimum Gasteiger partial charge on any atom is -0.322 e. The summed E-state index contributed by atoms with van der Waals surface area (Å²) in [6.07, 6.45) is 0.832. The minimum absolute atomic E-state index is 0.0893. The summed E-state index contributed by atoms with van der Waals surface area (Å²) in [5, 5.41) is 0. The zero-order chi connectivity index (χ0) is 17.8. The summed E-state index contributed by atoms with van der Waals surface area (Å²) < 4.78 is 17.3. The Labute approximate surface area is 149 Å². The van der Waals surface area contributed by atoms with E-state index in [4.69, 9.17) is 0 Å².